The summed E-state index contributed by atoms with van der Waals surface area (Å²) < 4.78 is 10.5. The van der Waals surface area contributed by atoms with Gasteiger partial charge in [0.1, 0.15) is 17.1 Å². The number of carbonyl (C=O) groups is 1. The van der Waals surface area contributed by atoms with Crippen LogP contribution < -0.4 is 4.74 Å². The number of para-hydroxylation sites is 1. The maximum Gasteiger partial charge on any atom is 0.345 e. The molecule has 2 aromatic carbocycles. The molecule has 0 amide bonds. The summed E-state index contributed by atoms with van der Waals surface area (Å²) in [6, 6.07) is 11.4. The number of rotatable bonds is 4. The van der Waals surface area contributed by atoms with Gasteiger partial charge < -0.3 is 9.47 Å². The second-order valence-corrected chi connectivity index (χ2v) is 4.82. The third-order valence-electron chi connectivity index (χ3n) is 2.62. The molecular formula is C14H10BrNO5. The van der Waals surface area contributed by atoms with Crippen LogP contribution in [0.4, 0.5) is 5.69 Å². The topological polar surface area (TPSA) is 78.7 Å². The van der Waals surface area contributed by atoms with E-state index >= 15 is 0 Å². The lowest BCUT2D eigenvalue weighted by Crippen LogP contribution is -2.06. The summed E-state index contributed by atoms with van der Waals surface area (Å²) in [5.41, 5.74) is -0.522. The zero-order valence-electron chi connectivity index (χ0n) is 10.9. The molecule has 6 nitrogen and oxygen atoms in total. The molecular weight excluding hydrogens is 342 g/mol. The number of nitrogens with zero attached hydrogens (tertiary/aromatic N) is 1. The summed E-state index contributed by atoms with van der Waals surface area (Å²) >= 11 is 3.20. The molecule has 0 saturated heterocycles. The minimum Gasteiger partial charge on any atom is -0.465 e. The highest BCUT2D eigenvalue weighted by Gasteiger charge is 2.24. The smallest absolute Gasteiger partial charge is 0.345 e. The summed E-state index contributed by atoms with van der Waals surface area (Å²) in [4.78, 5) is 22.0. The molecule has 0 aliphatic carbocycles. The average Bonchev–Trinajstić information content (AvgIpc) is 2.49. The summed E-state index contributed by atoms with van der Waals surface area (Å²) in [7, 11) is 1.16. The van der Waals surface area contributed by atoms with Gasteiger partial charge in [-0.25, -0.2) is 4.79 Å². The van der Waals surface area contributed by atoms with Gasteiger partial charge in [-0.05, 0) is 28.1 Å². The number of hydrogen-bond donors (Lipinski definition) is 0. The molecule has 0 aromatic heterocycles. The molecule has 2 rings (SSSR count). The van der Waals surface area contributed by atoms with E-state index in [0.717, 1.165) is 7.11 Å². The molecule has 0 aliphatic rings. The van der Waals surface area contributed by atoms with E-state index in [-0.39, 0.29) is 17.0 Å². The Morgan fingerprint density at radius 2 is 1.90 bits per heavy atom. The van der Waals surface area contributed by atoms with E-state index in [4.69, 9.17) is 4.74 Å². The Balaban J connectivity index is 2.48. The van der Waals surface area contributed by atoms with Crippen LogP contribution in [0, 0.1) is 10.1 Å². The van der Waals surface area contributed by atoms with Crippen molar-refractivity contribution in [1.29, 1.82) is 0 Å². The molecule has 0 spiro atoms. The number of ether oxygens (including phenoxy) is 2. The lowest BCUT2D eigenvalue weighted by molar-refractivity contribution is -0.385. The van der Waals surface area contributed by atoms with E-state index in [1.165, 1.54) is 12.1 Å². The van der Waals surface area contributed by atoms with E-state index < -0.39 is 10.9 Å². The van der Waals surface area contributed by atoms with Gasteiger partial charge in [0, 0.05) is 12.1 Å². The molecule has 0 unspecified atom stereocenters. The number of carbonyl (C=O) groups excluding carboxylic acids is 1. The number of nitro groups is 1. The van der Waals surface area contributed by atoms with Crippen LogP contribution in [-0.2, 0) is 4.74 Å². The molecule has 0 saturated carbocycles. The molecule has 0 radical (unpaired) electrons. The van der Waals surface area contributed by atoms with Gasteiger partial charge in [0.15, 0.2) is 0 Å². The molecule has 0 aliphatic heterocycles. The van der Waals surface area contributed by atoms with Crippen LogP contribution in [0.25, 0.3) is 0 Å². The van der Waals surface area contributed by atoms with Crippen molar-refractivity contribution in [2.75, 3.05) is 7.11 Å². The maximum atomic E-state index is 11.7. The first-order chi connectivity index (χ1) is 10.0. The van der Waals surface area contributed by atoms with Crippen molar-refractivity contribution in [3.05, 3.63) is 62.6 Å². The monoisotopic (exact) mass is 351 g/mol. The number of esters is 1. The van der Waals surface area contributed by atoms with Gasteiger partial charge in [0.2, 0.25) is 0 Å². The van der Waals surface area contributed by atoms with Crippen molar-refractivity contribution >= 4 is 27.6 Å². The van der Waals surface area contributed by atoms with Crippen LogP contribution in [0.3, 0.4) is 0 Å². The number of nitro benzene ring substituents is 1. The van der Waals surface area contributed by atoms with Gasteiger partial charge in [0.25, 0.3) is 5.69 Å². The largest absolute Gasteiger partial charge is 0.465 e. The van der Waals surface area contributed by atoms with Crippen molar-refractivity contribution in [2.45, 2.75) is 0 Å². The van der Waals surface area contributed by atoms with Crippen molar-refractivity contribution in [3.63, 3.8) is 0 Å². The van der Waals surface area contributed by atoms with Crippen molar-refractivity contribution in [1.82, 2.24) is 0 Å². The summed E-state index contributed by atoms with van der Waals surface area (Å²) in [6.07, 6.45) is 0. The molecule has 21 heavy (non-hydrogen) atoms. The van der Waals surface area contributed by atoms with Crippen LogP contribution in [0.5, 0.6) is 11.5 Å². The third-order valence-corrected chi connectivity index (χ3v) is 3.24. The Kier molecular flexibility index (Phi) is 4.54. The van der Waals surface area contributed by atoms with Crippen LogP contribution in [0.1, 0.15) is 10.4 Å². The fourth-order valence-electron chi connectivity index (χ4n) is 1.66. The minimum atomic E-state index is -0.799. The van der Waals surface area contributed by atoms with Crippen molar-refractivity contribution < 1.29 is 19.2 Å². The molecule has 0 fully saturated rings. The van der Waals surface area contributed by atoms with Gasteiger partial charge in [-0.2, -0.15) is 0 Å². The van der Waals surface area contributed by atoms with Crippen molar-refractivity contribution in [3.8, 4) is 11.5 Å². The fourth-order valence-corrected chi connectivity index (χ4v) is 2.07. The molecule has 0 heterocycles. The zero-order valence-corrected chi connectivity index (χ0v) is 12.5. The number of benzene rings is 2. The lowest BCUT2D eigenvalue weighted by atomic mass is 10.1. The first-order valence-corrected chi connectivity index (χ1v) is 6.61. The average molecular weight is 352 g/mol. The van der Waals surface area contributed by atoms with Crippen LogP contribution in [-0.4, -0.2) is 18.0 Å². The SMILES string of the molecule is COC(=O)c1cc(Oc2ccccc2)c(Br)cc1[N+](=O)[O-]. The Morgan fingerprint density at radius 1 is 1.24 bits per heavy atom. The van der Waals surface area contributed by atoms with Gasteiger partial charge in [-0.3, -0.25) is 10.1 Å². The number of methoxy groups -OCH3 is 1. The summed E-state index contributed by atoms with van der Waals surface area (Å²) in [5.74, 6) is 0.0298. The first kappa shape index (κ1) is 15.0. The Hall–Kier alpha value is -2.41. The van der Waals surface area contributed by atoms with Crippen molar-refractivity contribution in [2.24, 2.45) is 0 Å². The van der Waals surface area contributed by atoms with E-state index in [2.05, 4.69) is 20.7 Å². The van der Waals surface area contributed by atoms with Gasteiger partial charge in [0.05, 0.1) is 16.5 Å². The molecule has 0 bridgehead atoms. The van der Waals surface area contributed by atoms with E-state index in [0.29, 0.717) is 10.2 Å². The molecule has 0 N–H and O–H groups in total. The molecule has 7 heteroatoms. The van der Waals surface area contributed by atoms with Gasteiger partial charge >= 0.3 is 5.97 Å². The number of halogens is 1. The Bertz CT molecular complexity index is 687. The predicted molar refractivity (Wildman–Crippen MR) is 78.7 cm³/mol. The molecule has 0 atom stereocenters. The lowest BCUT2D eigenvalue weighted by Gasteiger charge is -2.09. The van der Waals surface area contributed by atoms with E-state index in [1.807, 2.05) is 6.07 Å². The summed E-state index contributed by atoms with van der Waals surface area (Å²) in [6.45, 7) is 0. The number of hydrogen-bond acceptors (Lipinski definition) is 5. The van der Waals surface area contributed by atoms with Crippen LogP contribution in [0.2, 0.25) is 0 Å². The molecule has 2 aromatic rings. The maximum absolute atomic E-state index is 11.7. The van der Waals surface area contributed by atoms with Crippen LogP contribution in [0.15, 0.2) is 46.9 Å². The fraction of sp³-hybridized carbons (Fsp3) is 0.0714. The normalized spacial score (nSPS) is 10.0. The highest BCUT2D eigenvalue weighted by Crippen LogP contribution is 2.35. The predicted octanol–water partition coefficient (Wildman–Crippen LogP) is 3.94. The molecule has 108 valence electrons. The highest BCUT2D eigenvalue weighted by atomic mass is 79.9. The Morgan fingerprint density at radius 3 is 2.48 bits per heavy atom. The summed E-state index contributed by atoms with van der Waals surface area (Å²) in [5, 5.41) is 11.0. The third kappa shape index (κ3) is 3.38. The second kappa shape index (κ2) is 6.36. The Labute approximate surface area is 128 Å². The highest BCUT2D eigenvalue weighted by molar-refractivity contribution is 9.10. The van der Waals surface area contributed by atoms with E-state index in [1.54, 1.807) is 24.3 Å². The van der Waals surface area contributed by atoms with Gasteiger partial charge in [-0.1, -0.05) is 18.2 Å². The quantitative estimate of drug-likeness (QED) is 0.473. The van der Waals surface area contributed by atoms with E-state index in [9.17, 15) is 14.9 Å². The standard InChI is InChI=1S/C14H10BrNO5/c1-20-14(17)10-7-13(11(15)8-12(10)16(18)19)21-9-5-3-2-4-6-9/h2-8H,1H3. The second-order valence-electron chi connectivity index (χ2n) is 3.96. The zero-order chi connectivity index (χ0) is 15.4. The van der Waals surface area contributed by atoms with Gasteiger partial charge in [-0.15, -0.1) is 0 Å². The van der Waals surface area contributed by atoms with Crippen LogP contribution >= 0.6 is 15.9 Å². The first-order valence-electron chi connectivity index (χ1n) is 5.82. The minimum absolute atomic E-state index is 0.170.